The van der Waals surface area contributed by atoms with Crippen LogP contribution in [0.25, 0.3) is 11.3 Å². The van der Waals surface area contributed by atoms with Crippen LogP contribution in [0.1, 0.15) is 25.1 Å². The van der Waals surface area contributed by atoms with Crippen LogP contribution in [-0.2, 0) is 0 Å². The lowest BCUT2D eigenvalue weighted by Gasteiger charge is -2.05. The van der Waals surface area contributed by atoms with Crippen LogP contribution >= 0.6 is 0 Å². The van der Waals surface area contributed by atoms with Gasteiger partial charge in [-0.25, -0.2) is 9.97 Å². The van der Waals surface area contributed by atoms with Gasteiger partial charge in [0.25, 0.3) is 0 Å². The molecule has 0 saturated heterocycles. The van der Waals surface area contributed by atoms with E-state index in [4.69, 9.17) is 5.26 Å². The standard InChI is InChI=1S/C12H12N4/c1-2-9(7-13)12-15-6-4-11(16-12)10-3-5-14-8-10/h3-6,8-9,14H,2H2,1H3. The number of rotatable bonds is 3. The minimum absolute atomic E-state index is 0.223. The van der Waals surface area contributed by atoms with Crippen molar-refractivity contribution in [2.75, 3.05) is 0 Å². The second kappa shape index (κ2) is 4.58. The van der Waals surface area contributed by atoms with Gasteiger partial charge in [0.05, 0.1) is 11.8 Å². The van der Waals surface area contributed by atoms with Gasteiger partial charge in [-0.2, -0.15) is 5.26 Å². The van der Waals surface area contributed by atoms with Crippen molar-refractivity contribution < 1.29 is 0 Å². The maximum absolute atomic E-state index is 8.96. The fourth-order valence-electron chi connectivity index (χ4n) is 1.52. The van der Waals surface area contributed by atoms with Gasteiger partial charge in [-0.15, -0.1) is 0 Å². The number of nitriles is 1. The highest BCUT2D eigenvalue weighted by Crippen LogP contribution is 2.19. The summed E-state index contributed by atoms with van der Waals surface area (Å²) in [6.45, 7) is 1.96. The first-order valence-electron chi connectivity index (χ1n) is 5.21. The average molecular weight is 212 g/mol. The molecule has 0 aliphatic rings. The van der Waals surface area contributed by atoms with E-state index in [1.165, 1.54) is 0 Å². The minimum Gasteiger partial charge on any atom is -0.367 e. The Kier molecular flexibility index (Phi) is 2.97. The number of nitrogens with zero attached hydrogens (tertiary/aromatic N) is 3. The van der Waals surface area contributed by atoms with Crippen molar-refractivity contribution in [1.29, 1.82) is 5.26 Å². The highest BCUT2D eigenvalue weighted by Gasteiger charge is 2.12. The van der Waals surface area contributed by atoms with Gasteiger partial charge in [-0.05, 0) is 18.6 Å². The second-order valence-corrected chi connectivity index (χ2v) is 3.49. The molecule has 1 atom stereocenters. The Morgan fingerprint density at radius 1 is 1.50 bits per heavy atom. The summed E-state index contributed by atoms with van der Waals surface area (Å²) < 4.78 is 0. The van der Waals surface area contributed by atoms with E-state index in [9.17, 15) is 0 Å². The molecule has 2 aromatic rings. The quantitative estimate of drug-likeness (QED) is 0.850. The van der Waals surface area contributed by atoms with Crippen LogP contribution in [0.4, 0.5) is 0 Å². The molecule has 1 N–H and O–H groups in total. The Hall–Kier alpha value is -2.15. The Balaban J connectivity index is 2.38. The van der Waals surface area contributed by atoms with E-state index in [1.807, 2.05) is 31.5 Å². The molecular formula is C12H12N4. The van der Waals surface area contributed by atoms with E-state index in [-0.39, 0.29) is 5.92 Å². The van der Waals surface area contributed by atoms with E-state index in [0.717, 1.165) is 17.7 Å². The fourth-order valence-corrected chi connectivity index (χ4v) is 1.52. The molecule has 1 unspecified atom stereocenters. The van der Waals surface area contributed by atoms with Crippen molar-refractivity contribution in [3.63, 3.8) is 0 Å². The summed E-state index contributed by atoms with van der Waals surface area (Å²) in [6.07, 6.45) is 6.15. The summed E-state index contributed by atoms with van der Waals surface area (Å²) in [5.41, 5.74) is 1.86. The van der Waals surface area contributed by atoms with Crippen LogP contribution in [0.5, 0.6) is 0 Å². The van der Waals surface area contributed by atoms with Gasteiger partial charge in [0.1, 0.15) is 11.7 Å². The van der Waals surface area contributed by atoms with E-state index in [0.29, 0.717) is 5.82 Å². The maximum Gasteiger partial charge on any atom is 0.146 e. The highest BCUT2D eigenvalue weighted by atomic mass is 14.9. The summed E-state index contributed by atoms with van der Waals surface area (Å²) in [5, 5.41) is 8.96. The van der Waals surface area contributed by atoms with E-state index >= 15 is 0 Å². The maximum atomic E-state index is 8.96. The highest BCUT2D eigenvalue weighted by molar-refractivity contribution is 5.57. The van der Waals surface area contributed by atoms with Crippen LogP contribution in [0.2, 0.25) is 0 Å². The molecule has 4 heteroatoms. The Morgan fingerprint density at radius 3 is 3.00 bits per heavy atom. The molecule has 0 amide bonds. The summed E-state index contributed by atoms with van der Waals surface area (Å²) in [5.74, 6) is 0.377. The van der Waals surface area contributed by atoms with E-state index < -0.39 is 0 Å². The molecule has 0 aliphatic heterocycles. The topological polar surface area (TPSA) is 65.4 Å². The molecule has 0 bridgehead atoms. The first kappa shape index (κ1) is 10.4. The van der Waals surface area contributed by atoms with Crippen LogP contribution in [0.15, 0.2) is 30.7 Å². The predicted molar refractivity (Wildman–Crippen MR) is 60.5 cm³/mol. The van der Waals surface area contributed by atoms with E-state index in [1.54, 1.807) is 6.20 Å². The SMILES string of the molecule is CCC(C#N)c1nccc(-c2cc[nH]c2)n1. The third kappa shape index (κ3) is 1.94. The zero-order valence-electron chi connectivity index (χ0n) is 9.01. The van der Waals surface area contributed by atoms with Crippen LogP contribution in [-0.4, -0.2) is 15.0 Å². The molecule has 2 rings (SSSR count). The first-order valence-corrected chi connectivity index (χ1v) is 5.21. The van der Waals surface area contributed by atoms with Crippen molar-refractivity contribution in [2.24, 2.45) is 0 Å². The zero-order chi connectivity index (χ0) is 11.4. The lowest BCUT2D eigenvalue weighted by Crippen LogP contribution is -2.01. The number of H-pyrrole nitrogens is 1. The predicted octanol–water partition coefficient (Wildman–Crippen LogP) is 2.49. The third-order valence-corrected chi connectivity index (χ3v) is 2.44. The Bertz CT molecular complexity index is 496. The van der Waals surface area contributed by atoms with Gasteiger partial charge in [0.15, 0.2) is 0 Å². The van der Waals surface area contributed by atoms with Crippen LogP contribution < -0.4 is 0 Å². The molecule has 0 spiro atoms. The number of aromatic amines is 1. The molecule has 16 heavy (non-hydrogen) atoms. The normalized spacial score (nSPS) is 12.0. The summed E-state index contributed by atoms with van der Waals surface area (Å²) in [6, 6.07) is 6.00. The Labute approximate surface area is 94.0 Å². The minimum atomic E-state index is -0.223. The van der Waals surface area contributed by atoms with Crippen LogP contribution in [0.3, 0.4) is 0 Å². The smallest absolute Gasteiger partial charge is 0.146 e. The van der Waals surface area contributed by atoms with Gasteiger partial charge in [0.2, 0.25) is 0 Å². The molecule has 80 valence electrons. The fraction of sp³-hybridized carbons (Fsp3) is 0.250. The molecule has 0 aliphatic carbocycles. The first-order chi connectivity index (χ1) is 7.85. The number of hydrogen-bond donors (Lipinski definition) is 1. The number of hydrogen-bond acceptors (Lipinski definition) is 3. The zero-order valence-corrected chi connectivity index (χ0v) is 9.01. The van der Waals surface area contributed by atoms with Gasteiger partial charge in [-0.3, -0.25) is 0 Å². The third-order valence-electron chi connectivity index (χ3n) is 2.44. The molecule has 2 heterocycles. The molecular weight excluding hydrogens is 200 g/mol. The lowest BCUT2D eigenvalue weighted by molar-refractivity contribution is 0.752. The van der Waals surface area contributed by atoms with Gasteiger partial charge >= 0.3 is 0 Å². The number of nitrogens with one attached hydrogen (secondary N) is 1. The van der Waals surface area contributed by atoms with E-state index in [2.05, 4.69) is 21.0 Å². The van der Waals surface area contributed by atoms with Crippen molar-refractivity contribution in [3.05, 3.63) is 36.5 Å². The summed E-state index contributed by atoms with van der Waals surface area (Å²) in [7, 11) is 0. The molecule has 0 radical (unpaired) electrons. The molecule has 0 saturated carbocycles. The summed E-state index contributed by atoms with van der Waals surface area (Å²) >= 11 is 0. The van der Waals surface area contributed by atoms with Gasteiger partial charge in [-0.1, -0.05) is 6.92 Å². The summed E-state index contributed by atoms with van der Waals surface area (Å²) in [4.78, 5) is 11.5. The molecule has 4 nitrogen and oxygen atoms in total. The molecule has 2 aromatic heterocycles. The van der Waals surface area contributed by atoms with Crippen molar-refractivity contribution in [2.45, 2.75) is 19.3 Å². The van der Waals surface area contributed by atoms with Gasteiger partial charge < -0.3 is 4.98 Å². The number of aromatic nitrogens is 3. The van der Waals surface area contributed by atoms with Crippen molar-refractivity contribution in [3.8, 4) is 17.3 Å². The Morgan fingerprint density at radius 2 is 2.38 bits per heavy atom. The molecule has 0 fully saturated rings. The van der Waals surface area contributed by atoms with Crippen molar-refractivity contribution >= 4 is 0 Å². The lowest BCUT2D eigenvalue weighted by atomic mass is 10.1. The van der Waals surface area contributed by atoms with Crippen LogP contribution in [0, 0.1) is 11.3 Å². The average Bonchev–Trinajstić information content (AvgIpc) is 2.85. The van der Waals surface area contributed by atoms with Crippen molar-refractivity contribution in [1.82, 2.24) is 15.0 Å². The van der Waals surface area contributed by atoms with Gasteiger partial charge in [0, 0.05) is 24.2 Å². The monoisotopic (exact) mass is 212 g/mol. The molecule has 0 aromatic carbocycles. The second-order valence-electron chi connectivity index (χ2n) is 3.49. The largest absolute Gasteiger partial charge is 0.367 e.